The third kappa shape index (κ3) is 2.54. The lowest BCUT2D eigenvalue weighted by molar-refractivity contribution is 0.366. The molecule has 1 aromatic carbocycles. The number of aromatic hydroxyl groups is 1. The summed E-state index contributed by atoms with van der Waals surface area (Å²) < 4.78 is 4.09. The highest BCUT2D eigenvalue weighted by Crippen LogP contribution is 2.40. The number of nitrogens with zero attached hydrogens (tertiary/aromatic N) is 2. The topological polar surface area (TPSA) is 47.2 Å². The molecule has 4 nitrogen and oxygen atoms in total. The molecule has 106 valence electrons. The first kappa shape index (κ1) is 13.5. The summed E-state index contributed by atoms with van der Waals surface area (Å²) in [6.45, 7) is 2.48. The van der Waals surface area contributed by atoms with E-state index in [1.807, 2.05) is 31.2 Å². The van der Waals surface area contributed by atoms with Crippen molar-refractivity contribution in [1.82, 2.24) is 9.13 Å². The lowest BCUT2D eigenvalue weighted by Crippen LogP contribution is -2.27. The molecule has 1 atom stereocenters. The molecule has 0 bridgehead atoms. The van der Waals surface area contributed by atoms with E-state index in [-0.39, 0.29) is 17.6 Å². The fraction of sp³-hybridized carbons (Fsp3) is 0.400. The molecule has 0 saturated heterocycles. The van der Waals surface area contributed by atoms with Crippen molar-refractivity contribution in [3.05, 3.63) is 51.0 Å². The van der Waals surface area contributed by atoms with Crippen molar-refractivity contribution in [2.45, 2.75) is 32.4 Å². The van der Waals surface area contributed by atoms with Gasteiger partial charge in [0.1, 0.15) is 0 Å². The molecule has 1 saturated carbocycles. The molecule has 1 aliphatic rings. The van der Waals surface area contributed by atoms with Gasteiger partial charge in [-0.25, -0.2) is 4.79 Å². The van der Waals surface area contributed by atoms with Crippen LogP contribution in [-0.4, -0.2) is 14.2 Å². The van der Waals surface area contributed by atoms with Crippen LogP contribution in [0.15, 0.2) is 39.7 Å². The first-order valence-electron chi connectivity index (χ1n) is 6.81. The largest absolute Gasteiger partial charge is 0.493 e. The van der Waals surface area contributed by atoms with Crippen molar-refractivity contribution in [2.24, 2.45) is 5.92 Å². The fourth-order valence-corrected chi connectivity index (χ4v) is 2.83. The van der Waals surface area contributed by atoms with Crippen LogP contribution in [0.25, 0.3) is 0 Å². The number of rotatable bonds is 4. The maximum absolute atomic E-state index is 12.4. The van der Waals surface area contributed by atoms with E-state index in [0.717, 1.165) is 22.9 Å². The number of hydrogen-bond acceptors (Lipinski definition) is 2. The van der Waals surface area contributed by atoms with Crippen LogP contribution < -0.4 is 5.69 Å². The Bertz CT molecular complexity index is 668. The highest BCUT2D eigenvalue weighted by Gasteiger charge is 2.31. The predicted molar refractivity (Wildman–Crippen MR) is 81.0 cm³/mol. The summed E-state index contributed by atoms with van der Waals surface area (Å²) in [6.07, 6.45) is 3.82. The van der Waals surface area contributed by atoms with Crippen LogP contribution in [0.2, 0.25) is 0 Å². The third-order valence-corrected chi connectivity index (χ3v) is 4.48. The monoisotopic (exact) mass is 336 g/mol. The molecule has 20 heavy (non-hydrogen) atoms. The van der Waals surface area contributed by atoms with Gasteiger partial charge in [0.25, 0.3) is 0 Å². The molecule has 5 heteroatoms. The van der Waals surface area contributed by atoms with Crippen molar-refractivity contribution in [3.8, 4) is 5.88 Å². The van der Waals surface area contributed by atoms with Crippen molar-refractivity contribution < 1.29 is 5.11 Å². The smallest absolute Gasteiger partial charge is 0.331 e. The van der Waals surface area contributed by atoms with Crippen LogP contribution in [0.1, 0.15) is 31.4 Å². The van der Waals surface area contributed by atoms with Crippen molar-refractivity contribution in [3.63, 3.8) is 0 Å². The third-order valence-electron chi connectivity index (χ3n) is 3.95. The molecule has 3 rings (SSSR count). The van der Waals surface area contributed by atoms with E-state index in [4.69, 9.17) is 0 Å². The Morgan fingerprint density at radius 1 is 1.35 bits per heavy atom. The van der Waals surface area contributed by atoms with Crippen LogP contribution in [0, 0.1) is 5.92 Å². The molecular formula is C15H17BrN2O2. The fourth-order valence-electron chi connectivity index (χ4n) is 2.57. The Hall–Kier alpha value is -1.49. The van der Waals surface area contributed by atoms with Crippen LogP contribution in [0.4, 0.5) is 0 Å². The van der Waals surface area contributed by atoms with Gasteiger partial charge in [-0.2, -0.15) is 0 Å². The Balaban J connectivity index is 1.89. The molecule has 0 radical (unpaired) electrons. The van der Waals surface area contributed by atoms with Crippen molar-refractivity contribution >= 4 is 15.9 Å². The number of halogens is 1. The van der Waals surface area contributed by atoms with Gasteiger partial charge in [0.2, 0.25) is 5.88 Å². The van der Waals surface area contributed by atoms with Crippen LogP contribution in [-0.2, 0) is 6.54 Å². The summed E-state index contributed by atoms with van der Waals surface area (Å²) in [6, 6.07) is 7.91. The number of imidazole rings is 1. The SMILES string of the molecule is CC(C1CC1)n1c(O)cn(Cc2ccc(Br)cc2)c1=O. The number of aromatic nitrogens is 2. The van der Waals surface area contributed by atoms with Gasteiger partial charge in [-0.15, -0.1) is 0 Å². The first-order valence-corrected chi connectivity index (χ1v) is 7.60. The molecule has 1 heterocycles. The van der Waals surface area contributed by atoms with E-state index < -0.39 is 0 Å². The average molecular weight is 337 g/mol. The minimum Gasteiger partial charge on any atom is -0.493 e. The molecule has 1 N–H and O–H groups in total. The zero-order valence-electron chi connectivity index (χ0n) is 11.3. The van der Waals surface area contributed by atoms with Gasteiger partial charge >= 0.3 is 5.69 Å². The lowest BCUT2D eigenvalue weighted by Gasteiger charge is -2.11. The maximum atomic E-state index is 12.4. The van der Waals surface area contributed by atoms with Crippen LogP contribution in [0.5, 0.6) is 5.88 Å². The van der Waals surface area contributed by atoms with Crippen molar-refractivity contribution in [2.75, 3.05) is 0 Å². The summed E-state index contributed by atoms with van der Waals surface area (Å²) >= 11 is 3.39. The molecule has 0 aliphatic heterocycles. The molecule has 1 aliphatic carbocycles. The molecule has 1 unspecified atom stereocenters. The summed E-state index contributed by atoms with van der Waals surface area (Å²) in [7, 11) is 0. The standard InChI is InChI=1S/C15H17BrN2O2/c1-10(12-4-5-12)18-14(19)9-17(15(18)20)8-11-2-6-13(16)7-3-11/h2-3,6-7,9-10,12,19H,4-5,8H2,1H3. The highest BCUT2D eigenvalue weighted by atomic mass is 79.9. The highest BCUT2D eigenvalue weighted by molar-refractivity contribution is 9.10. The normalized spacial score (nSPS) is 16.3. The van der Waals surface area contributed by atoms with E-state index >= 15 is 0 Å². The Morgan fingerprint density at radius 3 is 2.60 bits per heavy atom. The van der Waals surface area contributed by atoms with Gasteiger partial charge in [-0.3, -0.25) is 9.13 Å². The summed E-state index contributed by atoms with van der Waals surface area (Å²) in [5.41, 5.74) is 0.899. The zero-order valence-corrected chi connectivity index (χ0v) is 12.9. The quantitative estimate of drug-likeness (QED) is 0.932. The second-order valence-electron chi connectivity index (χ2n) is 5.47. The van der Waals surface area contributed by atoms with Crippen LogP contribution >= 0.6 is 15.9 Å². The summed E-state index contributed by atoms with van der Waals surface area (Å²) in [4.78, 5) is 12.4. The van der Waals surface area contributed by atoms with Crippen LogP contribution in [0.3, 0.4) is 0 Å². The second kappa shape index (κ2) is 5.13. The average Bonchev–Trinajstić information content (AvgIpc) is 3.21. The van der Waals surface area contributed by atoms with Crippen molar-refractivity contribution in [1.29, 1.82) is 0 Å². The molecule has 1 aromatic heterocycles. The zero-order chi connectivity index (χ0) is 14.3. The molecular weight excluding hydrogens is 320 g/mol. The number of benzene rings is 1. The first-order chi connectivity index (χ1) is 9.56. The van der Waals surface area contributed by atoms with Gasteiger partial charge in [0, 0.05) is 10.5 Å². The van der Waals surface area contributed by atoms with E-state index in [1.165, 1.54) is 10.8 Å². The Kier molecular flexibility index (Phi) is 3.46. The Morgan fingerprint density at radius 2 is 2.00 bits per heavy atom. The second-order valence-corrected chi connectivity index (χ2v) is 6.39. The summed E-state index contributed by atoms with van der Waals surface area (Å²) in [5, 5.41) is 10.0. The van der Waals surface area contributed by atoms with E-state index in [0.29, 0.717) is 12.5 Å². The van der Waals surface area contributed by atoms with Gasteiger partial charge in [0.05, 0.1) is 12.7 Å². The number of hydrogen-bond donors (Lipinski definition) is 1. The van der Waals surface area contributed by atoms with Gasteiger partial charge in [-0.1, -0.05) is 28.1 Å². The molecule has 0 spiro atoms. The lowest BCUT2D eigenvalue weighted by atomic mass is 10.2. The molecule has 0 amide bonds. The van der Waals surface area contributed by atoms with E-state index in [1.54, 1.807) is 4.57 Å². The van der Waals surface area contributed by atoms with Gasteiger partial charge < -0.3 is 5.11 Å². The predicted octanol–water partition coefficient (Wildman–Crippen LogP) is 3.14. The summed E-state index contributed by atoms with van der Waals surface area (Å²) in [5.74, 6) is 0.591. The van der Waals surface area contributed by atoms with Gasteiger partial charge in [-0.05, 0) is 43.4 Å². The minimum atomic E-state index is -0.134. The van der Waals surface area contributed by atoms with Gasteiger partial charge in [0.15, 0.2) is 0 Å². The Labute approximate surface area is 125 Å². The molecule has 1 fully saturated rings. The van der Waals surface area contributed by atoms with E-state index in [2.05, 4.69) is 15.9 Å². The molecule has 2 aromatic rings. The minimum absolute atomic E-state index is 0.0616. The van der Waals surface area contributed by atoms with E-state index in [9.17, 15) is 9.90 Å². The maximum Gasteiger partial charge on any atom is 0.331 e.